The van der Waals surface area contributed by atoms with E-state index in [4.69, 9.17) is 9.84 Å². The molecule has 1 aromatic heterocycles. The van der Waals surface area contributed by atoms with Gasteiger partial charge in [-0.15, -0.1) is 0 Å². The lowest BCUT2D eigenvalue weighted by Gasteiger charge is -2.03. The van der Waals surface area contributed by atoms with Crippen molar-refractivity contribution in [1.82, 2.24) is 9.78 Å². The van der Waals surface area contributed by atoms with E-state index in [-0.39, 0.29) is 6.61 Å². The van der Waals surface area contributed by atoms with Gasteiger partial charge in [-0.2, -0.15) is 5.10 Å². The van der Waals surface area contributed by atoms with Gasteiger partial charge in [-0.25, -0.2) is 4.68 Å². The van der Waals surface area contributed by atoms with Gasteiger partial charge < -0.3 is 9.84 Å². The van der Waals surface area contributed by atoms with Gasteiger partial charge in [0.2, 0.25) is 5.88 Å². The summed E-state index contributed by atoms with van der Waals surface area (Å²) in [6, 6.07) is 0. The molecule has 1 heterocycles. The molecule has 4 nitrogen and oxygen atoms in total. The van der Waals surface area contributed by atoms with Crippen molar-refractivity contribution in [1.29, 1.82) is 0 Å². The minimum Gasteiger partial charge on any atom is -0.481 e. The number of aromatic nitrogens is 2. The van der Waals surface area contributed by atoms with Crippen molar-refractivity contribution >= 4 is 0 Å². The highest BCUT2D eigenvalue weighted by molar-refractivity contribution is 5.22. The Morgan fingerprint density at radius 1 is 1.73 bits per heavy atom. The first-order valence-corrected chi connectivity index (χ1v) is 3.53. The molecule has 4 heteroatoms. The molecule has 1 N–H and O–H groups in total. The van der Waals surface area contributed by atoms with Gasteiger partial charge in [0.15, 0.2) is 0 Å². The molecule has 0 aliphatic rings. The number of aryl methyl sites for hydroxylation is 1. The number of hydrogen-bond donors (Lipinski definition) is 1. The van der Waals surface area contributed by atoms with E-state index < -0.39 is 0 Å². The van der Waals surface area contributed by atoms with E-state index in [2.05, 4.69) is 5.10 Å². The molecule has 0 unspecified atom stereocenters. The first kappa shape index (κ1) is 8.07. The Kier molecular flexibility index (Phi) is 2.48. The molecule has 11 heavy (non-hydrogen) atoms. The summed E-state index contributed by atoms with van der Waals surface area (Å²) in [5, 5.41) is 12.8. The normalized spacial score (nSPS) is 10.1. The monoisotopic (exact) mass is 156 g/mol. The fraction of sp³-hybridized carbons (Fsp3) is 0.571. The van der Waals surface area contributed by atoms with Crippen LogP contribution < -0.4 is 4.74 Å². The van der Waals surface area contributed by atoms with Crippen LogP contribution in [0.2, 0.25) is 0 Å². The van der Waals surface area contributed by atoms with E-state index in [0.717, 1.165) is 12.1 Å². The Bertz CT molecular complexity index is 211. The van der Waals surface area contributed by atoms with Crippen LogP contribution in [0, 0.1) is 0 Å². The zero-order chi connectivity index (χ0) is 8.27. The van der Waals surface area contributed by atoms with Crippen molar-refractivity contribution in [2.75, 3.05) is 7.11 Å². The second kappa shape index (κ2) is 3.39. The summed E-state index contributed by atoms with van der Waals surface area (Å²) in [7, 11) is 1.57. The second-order valence-electron chi connectivity index (χ2n) is 2.15. The van der Waals surface area contributed by atoms with Crippen LogP contribution in [0.3, 0.4) is 0 Å². The highest BCUT2D eigenvalue weighted by Crippen LogP contribution is 2.16. The number of aliphatic hydroxyl groups excluding tert-OH is 1. The van der Waals surface area contributed by atoms with E-state index >= 15 is 0 Å². The van der Waals surface area contributed by atoms with E-state index in [1.54, 1.807) is 18.0 Å². The van der Waals surface area contributed by atoms with Gasteiger partial charge in [-0.1, -0.05) is 0 Å². The molecule has 1 rings (SSSR count). The number of aliphatic hydroxyl groups is 1. The average molecular weight is 156 g/mol. The predicted molar refractivity (Wildman–Crippen MR) is 40.4 cm³/mol. The largest absolute Gasteiger partial charge is 0.481 e. The molecule has 0 saturated heterocycles. The van der Waals surface area contributed by atoms with Gasteiger partial charge in [0.25, 0.3) is 0 Å². The number of hydrogen-bond acceptors (Lipinski definition) is 3. The topological polar surface area (TPSA) is 47.3 Å². The fourth-order valence-corrected chi connectivity index (χ4v) is 0.983. The van der Waals surface area contributed by atoms with E-state index in [1.807, 2.05) is 6.92 Å². The third kappa shape index (κ3) is 1.35. The maximum atomic E-state index is 8.83. The zero-order valence-electron chi connectivity index (χ0n) is 6.74. The quantitative estimate of drug-likeness (QED) is 0.689. The van der Waals surface area contributed by atoms with Gasteiger partial charge in [0.1, 0.15) is 0 Å². The number of ether oxygens (including phenoxy) is 1. The molecule has 0 aliphatic carbocycles. The lowest BCUT2D eigenvalue weighted by Crippen LogP contribution is -2.00. The summed E-state index contributed by atoms with van der Waals surface area (Å²) in [5.74, 6) is 0.648. The van der Waals surface area contributed by atoms with E-state index in [0.29, 0.717) is 5.88 Å². The van der Waals surface area contributed by atoms with Crippen LogP contribution >= 0.6 is 0 Å². The van der Waals surface area contributed by atoms with Gasteiger partial charge in [0, 0.05) is 6.54 Å². The van der Waals surface area contributed by atoms with Crippen LogP contribution in [0.15, 0.2) is 6.20 Å². The van der Waals surface area contributed by atoms with Crippen LogP contribution in [0.25, 0.3) is 0 Å². The third-order valence-corrected chi connectivity index (χ3v) is 1.53. The molecule has 0 aliphatic heterocycles. The van der Waals surface area contributed by atoms with Crippen LogP contribution in [-0.2, 0) is 13.2 Å². The van der Waals surface area contributed by atoms with E-state index in [9.17, 15) is 0 Å². The van der Waals surface area contributed by atoms with Crippen LogP contribution in [0.5, 0.6) is 5.88 Å². The lowest BCUT2D eigenvalue weighted by atomic mass is 10.4. The molecule has 0 amide bonds. The summed E-state index contributed by atoms with van der Waals surface area (Å²) >= 11 is 0. The van der Waals surface area contributed by atoms with Gasteiger partial charge in [0.05, 0.1) is 25.5 Å². The van der Waals surface area contributed by atoms with Crippen LogP contribution in [-0.4, -0.2) is 22.0 Å². The standard InChI is InChI=1S/C7H12N2O2/c1-3-9-7(11-2)6(5-10)4-8-9/h4,10H,3,5H2,1-2H3. The predicted octanol–water partition coefficient (Wildman–Crippen LogP) is 0.404. The summed E-state index contributed by atoms with van der Waals surface area (Å²) in [6.07, 6.45) is 1.61. The Hall–Kier alpha value is -1.03. The van der Waals surface area contributed by atoms with Crippen molar-refractivity contribution in [2.45, 2.75) is 20.1 Å². The van der Waals surface area contributed by atoms with Crippen molar-refractivity contribution in [3.8, 4) is 5.88 Å². The molecular weight excluding hydrogens is 144 g/mol. The average Bonchev–Trinajstić information content (AvgIpc) is 2.45. The highest BCUT2D eigenvalue weighted by atomic mass is 16.5. The Morgan fingerprint density at radius 2 is 2.45 bits per heavy atom. The van der Waals surface area contributed by atoms with Crippen molar-refractivity contribution in [2.24, 2.45) is 0 Å². The fourth-order valence-electron chi connectivity index (χ4n) is 0.983. The third-order valence-electron chi connectivity index (χ3n) is 1.53. The van der Waals surface area contributed by atoms with Crippen LogP contribution in [0.1, 0.15) is 12.5 Å². The summed E-state index contributed by atoms with van der Waals surface area (Å²) < 4.78 is 6.74. The maximum Gasteiger partial charge on any atom is 0.217 e. The Labute approximate surface area is 65.4 Å². The highest BCUT2D eigenvalue weighted by Gasteiger charge is 2.07. The SMILES string of the molecule is CCn1ncc(CO)c1OC. The van der Waals surface area contributed by atoms with Gasteiger partial charge >= 0.3 is 0 Å². The molecular formula is C7H12N2O2. The number of methoxy groups -OCH3 is 1. The Morgan fingerprint density at radius 3 is 2.91 bits per heavy atom. The summed E-state index contributed by atoms with van der Waals surface area (Å²) in [4.78, 5) is 0. The van der Waals surface area contributed by atoms with E-state index in [1.165, 1.54) is 0 Å². The van der Waals surface area contributed by atoms with Crippen molar-refractivity contribution < 1.29 is 9.84 Å². The van der Waals surface area contributed by atoms with Crippen LogP contribution in [0.4, 0.5) is 0 Å². The minimum atomic E-state index is -0.0246. The second-order valence-corrected chi connectivity index (χ2v) is 2.15. The first-order valence-electron chi connectivity index (χ1n) is 3.53. The van der Waals surface area contributed by atoms with Gasteiger partial charge in [-0.3, -0.25) is 0 Å². The van der Waals surface area contributed by atoms with Crippen molar-refractivity contribution in [3.05, 3.63) is 11.8 Å². The van der Waals surface area contributed by atoms with Gasteiger partial charge in [-0.05, 0) is 6.92 Å². The molecule has 0 saturated carbocycles. The maximum absolute atomic E-state index is 8.83. The molecule has 0 aromatic carbocycles. The first-order chi connectivity index (χ1) is 5.33. The zero-order valence-corrected chi connectivity index (χ0v) is 6.74. The smallest absolute Gasteiger partial charge is 0.217 e. The molecule has 0 fully saturated rings. The Balaban J connectivity index is 2.99. The molecule has 0 atom stereocenters. The molecule has 0 spiro atoms. The van der Waals surface area contributed by atoms with Crippen molar-refractivity contribution in [3.63, 3.8) is 0 Å². The molecule has 0 bridgehead atoms. The summed E-state index contributed by atoms with van der Waals surface area (Å²) in [6.45, 7) is 2.70. The number of nitrogens with zero attached hydrogens (tertiary/aromatic N) is 2. The lowest BCUT2D eigenvalue weighted by molar-refractivity contribution is 0.270. The number of rotatable bonds is 3. The minimum absolute atomic E-state index is 0.0246. The summed E-state index contributed by atoms with van der Waals surface area (Å²) in [5.41, 5.74) is 0.731. The molecule has 62 valence electrons. The molecule has 1 aromatic rings. The molecule has 0 radical (unpaired) electrons.